The second-order valence-electron chi connectivity index (χ2n) is 6.27. The molecule has 0 spiro atoms. The molecule has 1 N–H and O–H groups in total. The maximum absolute atomic E-state index is 12.5. The van der Waals surface area contributed by atoms with Crippen LogP contribution in [0.15, 0.2) is 12.1 Å². The Morgan fingerprint density at radius 1 is 1.33 bits per heavy atom. The van der Waals surface area contributed by atoms with Crippen molar-refractivity contribution in [1.29, 1.82) is 0 Å². The smallest absolute Gasteiger partial charge is 0.229 e. The highest BCUT2D eigenvalue weighted by Crippen LogP contribution is 2.36. The van der Waals surface area contributed by atoms with Crippen LogP contribution in [0.1, 0.15) is 20.3 Å². The van der Waals surface area contributed by atoms with Crippen molar-refractivity contribution in [3.05, 3.63) is 17.2 Å². The van der Waals surface area contributed by atoms with Gasteiger partial charge in [-0.1, -0.05) is 25.4 Å². The van der Waals surface area contributed by atoms with E-state index < -0.39 is 0 Å². The Balaban J connectivity index is 2.10. The Hall–Kier alpha value is -1.95. The normalized spacial score (nSPS) is 17.3. The summed E-state index contributed by atoms with van der Waals surface area (Å²) in [6, 6.07) is 3.20. The van der Waals surface area contributed by atoms with Crippen LogP contribution in [-0.2, 0) is 9.59 Å². The number of carbonyl (C=O) groups excluding carboxylic acids is 2. The zero-order valence-electron chi connectivity index (χ0n) is 14.4. The number of carbonyl (C=O) groups is 2. The van der Waals surface area contributed by atoms with Gasteiger partial charge in [0.25, 0.3) is 0 Å². The van der Waals surface area contributed by atoms with Crippen LogP contribution in [0, 0.1) is 11.8 Å². The first kappa shape index (κ1) is 18.4. The van der Waals surface area contributed by atoms with Crippen LogP contribution in [0.5, 0.6) is 11.5 Å². The fourth-order valence-electron chi connectivity index (χ4n) is 2.76. The molecule has 6 nitrogen and oxygen atoms in total. The molecule has 0 aromatic heterocycles. The van der Waals surface area contributed by atoms with Gasteiger partial charge in [0.2, 0.25) is 11.8 Å². The molecule has 0 radical (unpaired) electrons. The van der Waals surface area contributed by atoms with Crippen molar-refractivity contribution in [2.75, 3.05) is 32.6 Å². The summed E-state index contributed by atoms with van der Waals surface area (Å²) in [6.07, 6.45) is 0.227. The SMILES string of the molecule is COc1cc(OC)c(NC(=O)[C@@H]2CC(=O)N(CC(C)C)C2)cc1Cl. The van der Waals surface area contributed by atoms with E-state index in [-0.39, 0.29) is 24.2 Å². The zero-order chi connectivity index (χ0) is 17.9. The first-order chi connectivity index (χ1) is 11.3. The maximum atomic E-state index is 12.5. The Kier molecular flexibility index (Phi) is 5.94. The van der Waals surface area contributed by atoms with Crippen molar-refractivity contribution < 1.29 is 19.1 Å². The molecule has 0 bridgehead atoms. The average molecular weight is 355 g/mol. The molecule has 132 valence electrons. The summed E-state index contributed by atoms with van der Waals surface area (Å²) in [5.41, 5.74) is 0.461. The summed E-state index contributed by atoms with van der Waals surface area (Å²) in [6.45, 7) is 5.20. The van der Waals surface area contributed by atoms with Gasteiger partial charge in [-0.3, -0.25) is 9.59 Å². The van der Waals surface area contributed by atoms with E-state index in [9.17, 15) is 9.59 Å². The van der Waals surface area contributed by atoms with Gasteiger partial charge < -0.3 is 19.7 Å². The first-order valence-corrected chi connectivity index (χ1v) is 8.23. The highest BCUT2D eigenvalue weighted by atomic mass is 35.5. The molecule has 24 heavy (non-hydrogen) atoms. The Morgan fingerprint density at radius 2 is 2.00 bits per heavy atom. The topological polar surface area (TPSA) is 67.9 Å². The van der Waals surface area contributed by atoms with Crippen LogP contribution in [0.25, 0.3) is 0 Å². The Bertz CT molecular complexity index is 633. The van der Waals surface area contributed by atoms with Gasteiger partial charge in [0.05, 0.1) is 30.8 Å². The largest absolute Gasteiger partial charge is 0.495 e. The van der Waals surface area contributed by atoms with E-state index in [0.29, 0.717) is 41.2 Å². The Labute approximate surface area is 147 Å². The molecule has 0 aliphatic carbocycles. The molecule has 0 saturated carbocycles. The van der Waals surface area contributed by atoms with E-state index in [0.717, 1.165) is 0 Å². The van der Waals surface area contributed by atoms with Gasteiger partial charge in [-0.05, 0) is 12.0 Å². The van der Waals surface area contributed by atoms with Crippen molar-refractivity contribution >= 4 is 29.1 Å². The molecule has 1 aliphatic rings. The second-order valence-corrected chi connectivity index (χ2v) is 6.68. The molecule has 1 fully saturated rings. The molecule has 1 saturated heterocycles. The molecule has 7 heteroatoms. The van der Waals surface area contributed by atoms with Crippen LogP contribution in [0.2, 0.25) is 5.02 Å². The number of nitrogens with one attached hydrogen (secondary N) is 1. The van der Waals surface area contributed by atoms with Crippen LogP contribution in [0.3, 0.4) is 0 Å². The fourth-order valence-corrected chi connectivity index (χ4v) is 3.00. The molecule has 1 aromatic carbocycles. The lowest BCUT2D eigenvalue weighted by molar-refractivity contribution is -0.128. The molecule has 1 heterocycles. The van der Waals surface area contributed by atoms with Crippen molar-refractivity contribution in [2.24, 2.45) is 11.8 Å². The van der Waals surface area contributed by atoms with Crippen LogP contribution in [0.4, 0.5) is 5.69 Å². The molecule has 2 amide bonds. The summed E-state index contributed by atoms with van der Waals surface area (Å²) >= 11 is 6.11. The van der Waals surface area contributed by atoms with E-state index >= 15 is 0 Å². The fraction of sp³-hybridized carbons (Fsp3) is 0.529. The lowest BCUT2D eigenvalue weighted by Gasteiger charge is -2.19. The van der Waals surface area contributed by atoms with Gasteiger partial charge in [-0.15, -0.1) is 0 Å². The van der Waals surface area contributed by atoms with Crippen LogP contribution < -0.4 is 14.8 Å². The van der Waals surface area contributed by atoms with Crippen molar-refractivity contribution in [1.82, 2.24) is 4.90 Å². The van der Waals surface area contributed by atoms with Crippen molar-refractivity contribution in [2.45, 2.75) is 20.3 Å². The number of halogens is 1. The molecule has 1 atom stereocenters. The van der Waals surface area contributed by atoms with Crippen LogP contribution in [-0.4, -0.2) is 44.0 Å². The third-order valence-corrected chi connectivity index (χ3v) is 4.20. The third-order valence-electron chi connectivity index (χ3n) is 3.90. The molecular formula is C17H23ClN2O4. The first-order valence-electron chi connectivity index (χ1n) is 7.85. The van der Waals surface area contributed by atoms with Gasteiger partial charge in [-0.2, -0.15) is 0 Å². The summed E-state index contributed by atoms with van der Waals surface area (Å²) in [4.78, 5) is 26.3. The minimum atomic E-state index is -0.373. The molecule has 0 unspecified atom stereocenters. The molecule has 2 rings (SSSR count). The minimum absolute atomic E-state index is 0.0172. The quantitative estimate of drug-likeness (QED) is 0.853. The lowest BCUT2D eigenvalue weighted by atomic mass is 10.1. The van der Waals surface area contributed by atoms with Gasteiger partial charge in [0.1, 0.15) is 11.5 Å². The summed E-state index contributed by atoms with van der Waals surface area (Å²) in [5.74, 6) is 0.717. The van der Waals surface area contributed by atoms with Crippen molar-refractivity contribution in [3.8, 4) is 11.5 Å². The van der Waals surface area contributed by atoms with E-state index in [1.165, 1.54) is 14.2 Å². The molecule has 1 aliphatic heterocycles. The number of methoxy groups -OCH3 is 2. The molecular weight excluding hydrogens is 332 g/mol. The second kappa shape index (κ2) is 7.75. The predicted octanol–water partition coefficient (Wildman–Crippen LogP) is 2.80. The summed E-state index contributed by atoms with van der Waals surface area (Å²) in [5, 5.41) is 3.18. The average Bonchev–Trinajstić information content (AvgIpc) is 2.88. The number of rotatable bonds is 6. The lowest BCUT2D eigenvalue weighted by Crippen LogP contribution is -2.31. The van der Waals surface area contributed by atoms with Crippen LogP contribution >= 0.6 is 11.6 Å². The zero-order valence-corrected chi connectivity index (χ0v) is 15.1. The third kappa shape index (κ3) is 4.12. The monoisotopic (exact) mass is 354 g/mol. The van der Waals surface area contributed by atoms with Gasteiger partial charge in [0, 0.05) is 25.6 Å². The van der Waals surface area contributed by atoms with Gasteiger partial charge >= 0.3 is 0 Å². The van der Waals surface area contributed by atoms with E-state index in [4.69, 9.17) is 21.1 Å². The number of ether oxygens (including phenoxy) is 2. The van der Waals surface area contributed by atoms with E-state index in [1.54, 1.807) is 17.0 Å². The highest BCUT2D eigenvalue weighted by molar-refractivity contribution is 6.32. The number of anilines is 1. The highest BCUT2D eigenvalue weighted by Gasteiger charge is 2.34. The van der Waals surface area contributed by atoms with E-state index in [2.05, 4.69) is 5.32 Å². The summed E-state index contributed by atoms with van der Waals surface area (Å²) < 4.78 is 10.4. The van der Waals surface area contributed by atoms with Gasteiger partial charge in [0.15, 0.2) is 0 Å². The minimum Gasteiger partial charge on any atom is -0.495 e. The van der Waals surface area contributed by atoms with Gasteiger partial charge in [-0.25, -0.2) is 0 Å². The number of amides is 2. The Morgan fingerprint density at radius 3 is 2.58 bits per heavy atom. The number of nitrogens with zero attached hydrogens (tertiary/aromatic N) is 1. The molecule has 1 aromatic rings. The van der Waals surface area contributed by atoms with E-state index in [1.807, 2.05) is 13.8 Å². The number of hydrogen-bond acceptors (Lipinski definition) is 4. The van der Waals surface area contributed by atoms with Crippen molar-refractivity contribution in [3.63, 3.8) is 0 Å². The summed E-state index contributed by atoms with van der Waals surface area (Å²) in [7, 11) is 3.01. The maximum Gasteiger partial charge on any atom is 0.229 e. The number of hydrogen-bond donors (Lipinski definition) is 1. The predicted molar refractivity (Wildman–Crippen MR) is 92.7 cm³/mol. The number of likely N-dealkylation sites (tertiary alicyclic amines) is 1. The number of benzene rings is 1. The standard InChI is InChI=1S/C17H23ClN2O4/c1-10(2)8-20-9-11(5-16(20)21)17(22)19-13-6-12(18)14(23-3)7-15(13)24-4/h6-7,10-11H,5,8-9H2,1-4H3,(H,19,22)/t11-/m1/s1.